The zero-order chi connectivity index (χ0) is 38.4. The van der Waals surface area contributed by atoms with Gasteiger partial charge in [0.1, 0.15) is 32.6 Å². The highest BCUT2D eigenvalue weighted by atomic mass is 35.5. The second-order valence-electron chi connectivity index (χ2n) is 10.7. The maximum absolute atomic E-state index is 12.6. The summed E-state index contributed by atoms with van der Waals surface area (Å²) < 4.78 is 70.5. The fourth-order valence-corrected chi connectivity index (χ4v) is 6.22. The second kappa shape index (κ2) is 16.3. The number of nitrogens with one attached hydrogen (secondary N) is 2. The first-order valence-corrected chi connectivity index (χ1v) is 17.9. The molecule has 3 rings (SSSR count). The summed E-state index contributed by atoms with van der Waals surface area (Å²) in [6, 6.07) is 1.12. The Hall–Kier alpha value is -5.07. The lowest BCUT2D eigenvalue weighted by Crippen LogP contribution is -2.48. The number of primary amides is 1. The fraction of sp³-hybridized carbons (Fsp3) is 0.333. The van der Waals surface area contributed by atoms with Crippen LogP contribution in [0.4, 0.5) is 17.1 Å². The van der Waals surface area contributed by atoms with E-state index in [-0.39, 0.29) is 30.4 Å². The minimum atomic E-state index is -5.20. The molecule has 0 saturated carbocycles. The van der Waals surface area contributed by atoms with Gasteiger partial charge in [-0.25, -0.2) is 0 Å². The third-order valence-electron chi connectivity index (χ3n) is 7.32. The van der Waals surface area contributed by atoms with E-state index in [2.05, 4.69) is 48.9 Å². The molecule has 51 heavy (non-hydrogen) atoms. The number of halogens is 1. The Balaban J connectivity index is 2.01. The lowest BCUT2D eigenvalue weighted by molar-refractivity contribution is 0.0997. The number of amides is 1. The molecule has 1 aromatic carbocycles. The molecule has 2 aromatic rings. The summed E-state index contributed by atoms with van der Waals surface area (Å²) in [5, 5.41) is 22.9. The van der Waals surface area contributed by atoms with Gasteiger partial charge in [0.25, 0.3) is 31.7 Å². The van der Waals surface area contributed by atoms with Gasteiger partial charge in [-0.1, -0.05) is 13.2 Å². The SMILES string of the molecule is C=C(/N=C(\N=C(/N)Cl)NCCN1CCN(C(=C)N)CC1)Nc1cc(S(=O)(=O)O)c(/N=N\c2c(C)c(C(N)=O)c(=O)n(CC)c2O)cc1S(=O)(=O)O. The first kappa shape index (κ1) is 40.4. The summed E-state index contributed by atoms with van der Waals surface area (Å²) in [5.74, 6) is -2.01. The van der Waals surface area contributed by atoms with Crippen LogP contribution in [0.5, 0.6) is 5.88 Å². The summed E-state index contributed by atoms with van der Waals surface area (Å²) in [7, 11) is -10.4. The van der Waals surface area contributed by atoms with E-state index in [9.17, 15) is 40.6 Å². The first-order chi connectivity index (χ1) is 23.6. The number of rotatable bonds is 13. The normalized spacial score (nSPS) is 14.9. The highest BCUT2D eigenvalue weighted by molar-refractivity contribution is 7.86. The Labute approximate surface area is 297 Å². The molecule has 11 N–H and O–H groups in total. The highest BCUT2D eigenvalue weighted by Gasteiger charge is 2.26. The van der Waals surface area contributed by atoms with Gasteiger partial charge in [-0.15, -0.1) is 10.2 Å². The van der Waals surface area contributed by atoms with E-state index in [0.717, 1.165) is 4.57 Å². The van der Waals surface area contributed by atoms with Crippen molar-refractivity contribution in [1.82, 2.24) is 19.7 Å². The molecule has 0 atom stereocenters. The van der Waals surface area contributed by atoms with Crippen molar-refractivity contribution in [3.05, 3.63) is 58.4 Å². The molecule has 1 amide bonds. The quantitative estimate of drug-likeness (QED) is 0.0447. The lowest BCUT2D eigenvalue weighted by Gasteiger charge is -2.35. The fourth-order valence-electron chi connectivity index (χ4n) is 4.86. The summed E-state index contributed by atoms with van der Waals surface area (Å²) in [4.78, 5) is 34.6. The van der Waals surface area contributed by atoms with Gasteiger partial charge in [0, 0.05) is 51.4 Å². The number of guanidine groups is 1. The molecule has 278 valence electrons. The number of amidine groups is 1. The Morgan fingerprint density at radius 2 is 1.61 bits per heavy atom. The standard InChI is InChI=1S/C27H37ClN12O9S2/c1-5-40-24(42)21(23(30)41)14(2)22(25(40)43)37-36-18-13-19(50(44,45)46)17(12-20(18)51(47,48)49)33-16(4)34-27(35-26(28)31)32-6-7-38-8-10-39(11-9-38)15(3)29/h12-13,33,43H,3-11,29H2,1-2H3,(H2,30,41)(H,44,45,46)(H,47,48,49)(H3,31,32,34,35)/b37-36-. The van der Waals surface area contributed by atoms with Crippen molar-refractivity contribution in [2.75, 3.05) is 44.6 Å². The van der Waals surface area contributed by atoms with Crippen molar-refractivity contribution >= 4 is 66.1 Å². The number of anilines is 1. The van der Waals surface area contributed by atoms with E-state index in [0.29, 0.717) is 50.7 Å². The van der Waals surface area contributed by atoms with Gasteiger partial charge in [0.2, 0.25) is 11.8 Å². The van der Waals surface area contributed by atoms with Crippen LogP contribution in [0, 0.1) is 6.92 Å². The van der Waals surface area contributed by atoms with E-state index in [4.69, 9.17) is 28.8 Å². The maximum atomic E-state index is 12.6. The molecule has 0 aliphatic carbocycles. The number of azo groups is 1. The summed E-state index contributed by atoms with van der Waals surface area (Å²) >= 11 is 5.74. The van der Waals surface area contributed by atoms with Crippen molar-refractivity contribution < 1.29 is 35.8 Å². The number of aromatic hydroxyl groups is 1. The number of hydrogen-bond donors (Lipinski definition) is 8. The van der Waals surface area contributed by atoms with Gasteiger partial charge in [0.05, 0.1) is 11.5 Å². The zero-order valence-electron chi connectivity index (χ0n) is 27.4. The second-order valence-corrected chi connectivity index (χ2v) is 13.9. The summed E-state index contributed by atoms with van der Waals surface area (Å²) in [6.45, 7) is 13.5. The monoisotopic (exact) mass is 772 g/mol. The number of nitrogens with zero attached hydrogens (tertiary/aromatic N) is 7. The molecule has 24 heteroatoms. The number of piperazine rings is 1. The molecule has 0 radical (unpaired) electrons. The number of nitrogens with two attached hydrogens (primary N) is 3. The molecule has 0 unspecified atom stereocenters. The Kier molecular flexibility index (Phi) is 12.9. The maximum Gasteiger partial charge on any atom is 0.296 e. The van der Waals surface area contributed by atoms with Crippen LogP contribution >= 0.6 is 11.6 Å². The van der Waals surface area contributed by atoms with E-state index in [1.54, 1.807) is 0 Å². The number of hydrogen-bond acceptors (Lipinski definition) is 14. The number of aliphatic imine (C=N–C) groups is 2. The van der Waals surface area contributed by atoms with Crippen molar-refractivity contribution in [2.45, 2.75) is 30.2 Å². The van der Waals surface area contributed by atoms with E-state index in [1.165, 1.54) is 13.8 Å². The van der Waals surface area contributed by atoms with Crippen molar-refractivity contribution in [2.24, 2.45) is 37.4 Å². The van der Waals surface area contributed by atoms with Crippen LogP contribution in [0.2, 0.25) is 0 Å². The van der Waals surface area contributed by atoms with Crippen molar-refractivity contribution in [3.8, 4) is 5.88 Å². The molecule has 1 aliphatic rings. The van der Waals surface area contributed by atoms with Crippen LogP contribution in [0.3, 0.4) is 0 Å². The Morgan fingerprint density at radius 1 is 1.00 bits per heavy atom. The topological polar surface area (TPSA) is 326 Å². The molecule has 1 saturated heterocycles. The molecule has 2 heterocycles. The molecular weight excluding hydrogens is 736 g/mol. The van der Waals surface area contributed by atoms with Crippen molar-refractivity contribution in [1.29, 1.82) is 0 Å². The van der Waals surface area contributed by atoms with Crippen LogP contribution < -0.4 is 33.4 Å². The van der Waals surface area contributed by atoms with E-state index < -0.39 is 75.3 Å². The van der Waals surface area contributed by atoms with Gasteiger partial charge in [-0.2, -0.15) is 26.8 Å². The first-order valence-electron chi connectivity index (χ1n) is 14.7. The third-order valence-corrected chi connectivity index (χ3v) is 9.18. The number of pyridine rings is 1. The van der Waals surface area contributed by atoms with Gasteiger partial charge in [-0.05, 0) is 37.6 Å². The third kappa shape index (κ3) is 10.2. The largest absolute Gasteiger partial charge is 0.493 e. The van der Waals surface area contributed by atoms with E-state index >= 15 is 0 Å². The van der Waals surface area contributed by atoms with Gasteiger partial charge in [0.15, 0.2) is 5.29 Å². The molecule has 21 nitrogen and oxygen atoms in total. The summed E-state index contributed by atoms with van der Waals surface area (Å²) in [6.07, 6.45) is 0. The highest BCUT2D eigenvalue weighted by Crippen LogP contribution is 2.37. The predicted octanol–water partition coefficient (Wildman–Crippen LogP) is 0.320. The predicted molar refractivity (Wildman–Crippen MR) is 189 cm³/mol. The van der Waals surface area contributed by atoms with Crippen molar-refractivity contribution in [3.63, 3.8) is 0 Å². The molecule has 1 aromatic heterocycles. The lowest BCUT2D eigenvalue weighted by atomic mass is 10.1. The van der Waals surface area contributed by atoms with Gasteiger partial charge >= 0.3 is 0 Å². The molecular formula is C27H37ClN12O9S2. The minimum absolute atomic E-state index is 0.146. The van der Waals surface area contributed by atoms with E-state index in [1.807, 2.05) is 4.90 Å². The van der Waals surface area contributed by atoms with Crippen LogP contribution in [0.1, 0.15) is 22.8 Å². The average Bonchev–Trinajstić information content (AvgIpc) is 3.00. The smallest absolute Gasteiger partial charge is 0.296 e. The van der Waals surface area contributed by atoms with Gasteiger partial charge < -0.3 is 37.8 Å². The number of aromatic nitrogens is 1. The molecule has 0 bridgehead atoms. The Bertz CT molecular complexity index is 2100. The number of carbonyl (C=O) groups excluding carboxylic acids is 1. The molecule has 1 aliphatic heterocycles. The van der Waals surface area contributed by atoms with Crippen LogP contribution in [0.15, 0.2) is 71.7 Å². The Morgan fingerprint density at radius 3 is 2.12 bits per heavy atom. The van der Waals surface area contributed by atoms with Crippen LogP contribution in [-0.2, 0) is 26.8 Å². The van der Waals surface area contributed by atoms with Crippen LogP contribution in [-0.4, -0.2) is 102 Å². The number of carbonyl (C=O) groups is 1. The minimum Gasteiger partial charge on any atom is -0.493 e. The van der Waals surface area contributed by atoms with Gasteiger partial charge in [-0.3, -0.25) is 28.2 Å². The van der Waals surface area contributed by atoms with Crippen LogP contribution in [0.25, 0.3) is 0 Å². The average molecular weight is 773 g/mol. The summed E-state index contributed by atoms with van der Waals surface area (Å²) in [5.41, 5.74) is 12.8. The molecule has 1 fully saturated rings. The molecule has 0 spiro atoms. The zero-order valence-corrected chi connectivity index (χ0v) is 29.8. The number of benzene rings is 1.